The highest BCUT2D eigenvalue weighted by atomic mass is 32.2. The van der Waals surface area contributed by atoms with E-state index in [1.165, 1.54) is 4.31 Å². The number of sulfonamides is 1. The molecule has 0 radical (unpaired) electrons. The summed E-state index contributed by atoms with van der Waals surface area (Å²) < 4.78 is 34.4. The monoisotopic (exact) mass is 484 g/mol. The summed E-state index contributed by atoms with van der Waals surface area (Å²) in [5.74, 6) is 0.780. The second kappa shape index (κ2) is 9.68. The number of ether oxygens (including phenoxy) is 1. The standard InChI is InChI=1S/C25H32N4O4S/c1-5-29(6-2)34(31,32)22-11-12-23-19(17-22)18-24(26(23)3)25(30)28-15-13-27(14-16-28)20-7-9-21(33-4)10-8-20/h7-12,17-18H,5-6,13-16H2,1-4H3. The molecule has 1 fully saturated rings. The summed E-state index contributed by atoms with van der Waals surface area (Å²) in [6, 6.07) is 14.8. The zero-order valence-corrected chi connectivity index (χ0v) is 21.0. The molecule has 0 spiro atoms. The molecule has 8 nitrogen and oxygen atoms in total. The number of benzene rings is 2. The quantitative estimate of drug-likeness (QED) is 0.515. The highest BCUT2D eigenvalue weighted by molar-refractivity contribution is 7.89. The molecule has 1 amide bonds. The number of nitrogens with zero attached hydrogens (tertiary/aromatic N) is 4. The lowest BCUT2D eigenvalue weighted by molar-refractivity contribution is 0.0737. The van der Waals surface area contributed by atoms with Crippen LogP contribution in [0.1, 0.15) is 24.3 Å². The average Bonchev–Trinajstić information content (AvgIpc) is 3.20. The fourth-order valence-corrected chi connectivity index (χ4v) is 6.02. The van der Waals surface area contributed by atoms with Crippen molar-refractivity contribution in [2.75, 3.05) is 51.3 Å². The summed E-state index contributed by atoms with van der Waals surface area (Å²) in [5.41, 5.74) is 2.50. The lowest BCUT2D eigenvalue weighted by Gasteiger charge is -2.36. The zero-order chi connectivity index (χ0) is 24.5. The molecule has 4 rings (SSSR count). The fraction of sp³-hybridized carbons (Fsp3) is 0.400. The van der Waals surface area contributed by atoms with Crippen LogP contribution < -0.4 is 9.64 Å². The lowest BCUT2D eigenvalue weighted by Crippen LogP contribution is -2.49. The Labute approximate surface area is 201 Å². The van der Waals surface area contributed by atoms with Crippen LogP contribution in [-0.2, 0) is 17.1 Å². The van der Waals surface area contributed by atoms with Crippen LogP contribution in [0.5, 0.6) is 5.75 Å². The third-order valence-corrected chi connectivity index (χ3v) is 8.63. The zero-order valence-electron chi connectivity index (χ0n) is 20.2. The first-order valence-electron chi connectivity index (χ1n) is 11.6. The van der Waals surface area contributed by atoms with Crippen molar-refractivity contribution >= 4 is 32.5 Å². The van der Waals surface area contributed by atoms with Crippen LogP contribution in [0.4, 0.5) is 5.69 Å². The molecule has 0 N–H and O–H groups in total. The largest absolute Gasteiger partial charge is 0.497 e. The average molecular weight is 485 g/mol. The number of carbonyl (C=O) groups excluding carboxylic acids is 1. The molecule has 0 bridgehead atoms. The molecule has 1 saturated heterocycles. The number of carbonyl (C=O) groups is 1. The van der Waals surface area contributed by atoms with E-state index in [9.17, 15) is 13.2 Å². The van der Waals surface area contributed by atoms with Crippen LogP contribution in [0.15, 0.2) is 53.4 Å². The summed E-state index contributed by atoms with van der Waals surface area (Å²) in [4.78, 5) is 17.7. The van der Waals surface area contributed by atoms with E-state index in [1.54, 1.807) is 31.4 Å². The van der Waals surface area contributed by atoms with E-state index in [1.807, 2.05) is 54.6 Å². The van der Waals surface area contributed by atoms with Gasteiger partial charge in [-0.15, -0.1) is 0 Å². The van der Waals surface area contributed by atoms with E-state index in [-0.39, 0.29) is 10.8 Å². The predicted octanol–water partition coefficient (Wildman–Crippen LogP) is 3.18. The van der Waals surface area contributed by atoms with E-state index in [0.29, 0.717) is 31.9 Å². The second-order valence-corrected chi connectivity index (χ2v) is 10.3. The molecule has 0 saturated carbocycles. The smallest absolute Gasteiger partial charge is 0.270 e. The van der Waals surface area contributed by atoms with E-state index in [2.05, 4.69) is 4.90 Å². The minimum atomic E-state index is -3.56. The molecule has 2 aromatic carbocycles. The number of fused-ring (bicyclic) bond motifs is 1. The van der Waals surface area contributed by atoms with Gasteiger partial charge in [-0.25, -0.2) is 8.42 Å². The maximum atomic E-state index is 13.3. The van der Waals surface area contributed by atoms with Crippen LogP contribution in [-0.4, -0.2) is 74.5 Å². The Morgan fingerprint density at radius 1 is 0.971 bits per heavy atom. The van der Waals surface area contributed by atoms with E-state index in [0.717, 1.165) is 35.4 Å². The number of hydrogen-bond acceptors (Lipinski definition) is 5. The Kier molecular flexibility index (Phi) is 6.86. The molecule has 9 heteroatoms. The van der Waals surface area contributed by atoms with Gasteiger partial charge in [0.2, 0.25) is 10.0 Å². The maximum Gasteiger partial charge on any atom is 0.270 e. The van der Waals surface area contributed by atoms with E-state index in [4.69, 9.17) is 4.74 Å². The first-order valence-corrected chi connectivity index (χ1v) is 13.0. The SMILES string of the molecule is CCN(CC)S(=O)(=O)c1ccc2c(c1)cc(C(=O)N1CCN(c3ccc(OC)cc3)CC1)n2C. The van der Waals surface area contributed by atoms with Crippen LogP contribution in [0.3, 0.4) is 0 Å². The summed E-state index contributed by atoms with van der Waals surface area (Å²) >= 11 is 0. The van der Waals surface area contributed by atoms with Crippen LogP contribution in [0, 0.1) is 0 Å². The van der Waals surface area contributed by atoms with Gasteiger partial charge in [-0.2, -0.15) is 4.31 Å². The Bertz CT molecular complexity index is 1270. The first-order chi connectivity index (χ1) is 16.3. The molecule has 0 unspecified atom stereocenters. The number of anilines is 1. The number of methoxy groups -OCH3 is 1. The van der Waals surface area contributed by atoms with Gasteiger partial charge in [-0.1, -0.05) is 13.8 Å². The summed E-state index contributed by atoms with van der Waals surface area (Å²) in [7, 11) is -0.0597. The van der Waals surface area contributed by atoms with Gasteiger partial charge in [-0.05, 0) is 48.5 Å². The molecule has 34 heavy (non-hydrogen) atoms. The third-order valence-electron chi connectivity index (χ3n) is 6.58. The van der Waals surface area contributed by atoms with Crippen molar-refractivity contribution in [3.8, 4) is 5.75 Å². The van der Waals surface area contributed by atoms with Crippen molar-refractivity contribution in [1.29, 1.82) is 0 Å². The van der Waals surface area contributed by atoms with Crippen molar-refractivity contribution in [1.82, 2.24) is 13.8 Å². The Morgan fingerprint density at radius 3 is 2.21 bits per heavy atom. The molecule has 1 aromatic heterocycles. The van der Waals surface area contributed by atoms with Crippen molar-refractivity contribution in [3.05, 3.63) is 54.2 Å². The van der Waals surface area contributed by atoms with Crippen molar-refractivity contribution in [2.45, 2.75) is 18.7 Å². The van der Waals surface area contributed by atoms with E-state index < -0.39 is 10.0 Å². The Balaban J connectivity index is 1.52. The van der Waals surface area contributed by atoms with Crippen molar-refractivity contribution in [2.24, 2.45) is 7.05 Å². The molecular formula is C25H32N4O4S. The van der Waals surface area contributed by atoms with Gasteiger partial charge in [0, 0.05) is 62.9 Å². The lowest BCUT2D eigenvalue weighted by atomic mass is 10.2. The second-order valence-electron chi connectivity index (χ2n) is 8.38. The molecule has 1 aliphatic heterocycles. The fourth-order valence-electron chi connectivity index (χ4n) is 4.53. The van der Waals surface area contributed by atoms with Gasteiger partial charge in [0.1, 0.15) is 11.4 Å². The molecule has 3 aromatic rings. The molecular weight excluding hydrogens is 452 g/mol. The number of rotatable bonds is 7. The number of aromatic nitrogens is 1. The number of piperazine rings is 1. The molecule has 0 aliphatic carbocycles. The highest BCUT2D eigenvalue weighted by Gasteiger charge is 2.26. The topological polar surface area (TPSA) is 75.1 Å². The highest BCUT2D eigenvalue weighted by Crippen LogP contribution is 2.26. The summed E-state index contributed by atoms with van der Waals surface area (Å²) in [6.07, 6.45) is 0. The number of hydrogen-bond donors (Lipinski definition) is 0. The number of amides is 1. The molecule has 0 atom stereocenters. The minimum Gasteiger partial charge on any atom is -0.497 e. The normalized spacial score (nSPS) is 14.7. The van der Waals surface area contributed by atoms with Gasteiger partial charge < -0.3 is 19.1 Å². The van der Waals surface area contributed by atoms with Gasteiger partial charge >= 0.3 is 0 Å². The Morgan fingerprint density at radius 2 is 1.62 bits per heavy atom. The van der Waals surface area contributed by atoms with Crippen LogP contribution in [0.25, 0.3) is 10.9 Å². The van der Waals surface area contributed by atoms with Gasteiger partial charge in [0.25, 0.3) is 5.91 Å². The van der Waals surface area contributed by atoms with Gasteiger partial charge in [-0.3, -0.25) is 4.79 Å². The number of aryl methyl sites for hydroxylation is 1. The summed E-state index contributed by atoms with van der Waals surface area (Å²) in [5, 5.41) is 0.746. The van der Waals surface area contributed by atoms with E-state index >= 15 is 0 Å². The molecule has 182 valence electrons. The van der Waals surface area contributed by atoms with Crippen molar-refractivity contribution < 1.29 is 17.9 Å². The minimum absolute atomic E-state index is 0.0405. The Hall–Kier alpha value is -3.04. The maximum absolute atomic E-state index is 13.3. The van der Waals surface area contributed by atoms with Gasteiger partial charge in [0.05, 0.1) is 12.0 Å². The van der Waals surface area contributed by atoms with Gasteiger partial charge in [0.15, 0.2) is 0 Å². The van der Waals surface area contributed by atoms with Crippen LogP contribution >= 0.6 is 0 Å². The summed E-state index contributed by atoms with van der Waals surface area (Å²) in [6.45, 7) is 7.21. The predicted molar refractivity (Wildman–Crippen MR) is 134 cm³/mol. The van der Waals surface area contributed by atoms with Crippen LogP contribution in [0.2, 0.25) is 0 Å². The third kappa shape index (κ3) is 4.37. The van der Waals surface area contributed by atoms with Crippen molar-refractivity contribution in [3.63, 3.8) is 0 Å². The molecule has 1 aliphatic rings. The molecule has 2 heterocycles. The first kappa shape index (κ1) is 24.1.